The summed E-state index contributed by atoms with van der Waals surface area (Å²) in [6.45, 7) is 6.03. The molecule has 0 bridgehead atoms. The molecule has 2 aromatic carbocycles. The topological polar surface area (TPSA) is 98.2 Å². The molecule has 0 spiro atoms. The lowest BCUT2D eigenvalue weighted by atomic mass is 9.96. The fourth-order valence-corrected chi connectivity index (χ4v) is 6.46. The molecule has 2 aliphatic rings. The van der Waals surface area contributed by atoms with Gasteiger partial charge in [-0.3, -0.25) is 9.59 Å². The van der Waals surface area contributed by atoms with Crippen molar-refractivity contribution in [3.63, 3.8) is 0 Å². The second kappa shape index (κ2) is 9.76. The molecule has 34 heavy (non-hydrogen) atoms. The summed E-state index contributed by atoms with van der Waals surface area (Å²) < 4.78 is 27.7. The van der Waals surface area contributed by atoms with E-state index in [0.717, 1.165) is 11.1 Å². The third-order valence-electron chi connectivity index (χ3n) is 6.76. The molecule has 9 heteroatoms. The van der Waals surface area contributed by atoms with Crippen LogP contribution in [-0.2, 0) is 14.8 Å². The number of rotatable bonds is 4. The molecule has 0 atom stereocenters. The van der Waals surface area contributed by atoms with Crippen molar-refractivity contribution in [1.82, 2.24) is 14.1 Å². The van der Waals surface area contributed by atoms with Crippen LogP contribution in [0.5, 0.6) is 5.75 Å². The number of benzene rings is 2. The number of piperazine rings is 1. The van der Waals surface area contributed by atoms with E-state index in [1.54, 1.807) is 47.1 Å². The number of carbonyl (C=O) groups is 2. The number of sulfonamides is 1. The molecule has 0 unspecified atom stereocenters. The van der Waals surface area contributed by atoms with Crippen molar-refractivity contribution in [2.24, 2.45) is 5.92 Å². The van der Waals surface area contributed by atoms with Crippen molar-refractivity contribution in [3.8, 4) is 5.75 Å². The van der Waals surface area contributed by atoms with E-state index < -0.39 is 10.0 Å². The quantitative estimate of drug-likeness (QED) is 0.717. The normalized spacial score (nSPS) is 18.2. The van der Waals surface area contributed by atoms with Gasteiger partial charge in [-0.2, -0.15) is 4.31 Å². The minimum Gasteiger partial charge on any atom is -0.507 e. The van der Waals surface area contributed by atoms with Crippen molar-refractivity contribution in [3.05, 3.63) is 59.2 Å². The number of aryl methyl sites for hydroxylation is 2. The van der Waals surface area contributed by atoms with Crippen LogP contribution in [0.2, 0.25) is 0 Å². The Morgan fingerprint density at radius 2 is 1.50 bits per heavy atom. The first kappa shape index (κ1) is 24.2. The Morgan fingerprint density at radius 3 is 2.12 bits per heavy atom. The summed E-state index contributed by atoms with van der Waals surface area (Å²) in [7, 11) is -3.59. The molecule has 1 N–H and O–H groups in total. The van der Waals surface area contributed by atoms with Gasteiger partial charge in [0.1, 0.15) is 5.75 Å². The van der Waals surface area contributed by atoms with Gasteiger partial charge in [-0.25, -0.2) is 8.42 Å². The van der Waals surface area contributed by atoms with Crippen LogP contribution in [0.15, 0.2) is 47.4 Å². The number of aromatic hydroxyl groups is 1. The molecule has 8 nitrogen and oxygen atoms in total. The van der Waals surface area contributed by atoms with E-state index in [2.05, 4.69) is 0 Å². The number of phenols is 1. The van der Waals surface area contributed by atoms with Gasteiger partial charge in [0.15, 0.2) is 0 Å². The Morgan fingerprint density at radius 1 is 0.882 bits per heavy atom. The van der Waals surface area contributed by atoms with Crippen LogP contribution in [0.4, 0.5) is 0 Å². The van der Waals surface area contributed by atoms with Gasteiger partial charge >= 0.3 is 0 Å². The maximum atomic E-state index is 13.1. The number of hydrogen-bond donors (Lipinski definition) is 1. The Labute approximate surface area is 200 Å². The van der Waals surface area contributed by atoms with Crippen LogP contribution in [0.25, 0.3) is 0 Å². The molecule has 2 aliphatic heterocycles. The fraction of sp³-hybridized carbons (Fsp3) is 0.440. The van der Waals surface area contributed by atoms with Crippen molar-refractivity contribution < 1.29 is 23.1 Å². The van der Waals surface area contributed by atoms with Crippen molar-refractivity contribution in [2.75, 3.05) is 39.3 Å². The standard InChI is InChI=1S/C25H31N3O5S/c1-18-7-8-23(19(2)17-18)34(32,33)28-11-9-20(10-12-28)24(30)26-13-15-27(16-14-26)25(31)21-5-3-4-6-22(21)29/h3-8,17,20,29H,9-16H2,1-2H3. The van der Waals surface area contributed by atoms with Crippen LogP contribution in [-0.4, -0.2) is 78.7 Å². The highest BCUT2D eigenvalue weighted by Crippen LogP contribution is 2.27. The molecule has 2 aromatic rings. The van der Waals surface area contributed by atoms with Gasteiger partial charge in [-0.05, 0) is 50.5 Å². The first-order valence-corrected chi connectivity index (χ1v) is 13.1. The van der Waals surface area contributed by atoms with Gasteiger partial charge in [0.05, 0.1) is 10.5 Å². The van der Waals surface area contributed by atoms with E-state index in [4.69, 9.17) is 0 Å². The lowest BCUT2D eigenvalue weighted by Crippen LogP contribution is -2.53. The smallest absolute Gasteiger partial charge is 0.257 e. The van der Waals surface area contributed by atoms with E-state index in [1.165, 1.54) is 10.4 Å². The molecule has 4 rings (SSSR count). The average Bonchev–Trinajstić information content (AvgIpc) is 2.83. The van der Waals surface area contributed by atoms with Crippen LogP contribution >= 0.6 is 0 Å². The molecule has 0 saturated carbocycles. The highest BCUT2D eigenvalue weighted by Gasteiger charge is 2.35. The molecule has 2 heterocycles. The zero-order valence-electron chi connectivity index (χ0n) is 19.6. The number of para-hydroxylation sites is 1. The Balaban J connectivity index is 1.32. The summed E-state index contributed by atoms with van der Waals surface area (Å²) in [5, 5.41) is 9.94. The van der Waals surface area contributed by atoms with Gasteiger partial charge in [0, 0.05) is 45.2 Å². The molecule has 2 fully saturated rings. The summed E-state index contributed by atoms with van der Waals surface area (Å²) in [6, 6.07) is 11.8. The second-order valence-electron chi connectivity index (χ2n) is 9.08. The van der Waals surface area contributed by atoms with E-state index in [0.29, 0.717) is 57.0 Å². The summed E-state index contributed by atoms with van der Waals surface area (Å²) >= 11 is 0. The first-order valence-electron chi connectivity index (χ1n) is 11.6. The SMILES string of the molecule is Cc1ccc(S(=O)(=O)N2CCC(C(=O)N3CCN(C(=O)c4ccccc4O)CC3)CC2)c(C)c1. The van der Waals surface area contributed by atoms with Gasteiger partial charge in [-0.1, -0.05) is 29.8 Å². The second-order valence-corrected chi connectivity index (χ2v) is 11.0. The Hall–Kier alpha value is -2.91. The van der Waals surface area contributed by atoms with Crippen LogP contribution in [0.3, 0.4) is 0 Å². The third kappa shape index (κ3) is 4.81. The molecule has 2 amide bonds. The number of hydrogen-bond acceptors (Lipinski definition) is 5. The van der Waals surface area contributed by atoms with Gasteiger partial charge in [0.2, 0.25) is 15.9 Å². The van der Waals surface area contributed by atoms with Crippen LogP contribution < -0.4 is 0 Å². The summed E-state index contributed by atoms with van der Waals surface area (Å²) in [6.07, 6.45) is 0.972. The highest BCUT2D eigenvalue weighted by molar-refractivity contribution is 7.89. The molecule has 0 aliphatic carbocycles. The Bertz CT molecular complexity index is 1180. The van der Waals surface area contributed by atoms with Gasteiger partial charge in [0.25, 0.3) is 5.91 Å². The molecular weight excluding hydrogens is 454 g/mol. The molecule has 182 valence electrons. The number of nitrogens with zero attached hydrogens (tertiary/aromatic N) is 3. The lowest BCUT2D eigenvalue weighted by Gasteiger charge is -2.38. The van der Waals surface area contributed by atoms with Crippen molar-refractivity contribution in [2.45, 2.75) is 31.6 Å². The zero-order valence-corrected chi connectivity index (χ0v) is 20.4. The van der Waals surface area contributed by atoms with E-state index in [1.807, 2.05) is 13.0 Å². The van der Waals surface area contributed by atoms with E-state index >= 15 is 0 Å². The van der Waals surface area contributed by atoms with Crippen LogP contribution in [0, 0.1) is 19.8 Å². The first-order chi connectivity index (χ1) is 16.2. The average molecular weight is 486 g/mol. The minimum absolute atomic E-state index is 0.0261. The summed E-state index contributed by atoms with van der Waals surface area (Å²) in [4.78, 5) is 29.5. The molecule has 0 radical (unpaired) electrons. The number of piperidine rings is 1. The summed E-state index contributed by atoms with van der Waals surface area (Å²) in [5.41, 5.74) is 2.01. The van der Waals surface area contributed by atoms with E-state index in [-0.39, 0.29) is 29.0 Å². The lowest BCUT2D eigenvalue weighted by molar-refractivity contribution is -0.138. The van der Waals surface area contributed by atoms with Crippen LogP contribution in [0.1, 0.15) is 34.3 Å². The zero-order chi connectivity index (χ0) is 24.5. The number of amides is 2. The van der Waals surface area contributed by atoms with Crippen molar-refractivity contribution >= 4 is 21.8 Å². The molecular formula is C25H31N3O5S. The molecule has 2 saturated heterocycles. The number of carbonyl (C=O) groups excluding carboxylic acids is 2. The predicted molar refractivity (Wildman–Crippen MR) is 128 cm³/mol. The third-order valence-corrected chi connectivity index (χ3v) is 8.82. The van der Waals surface area contributed by atoms with Gasteiger partial charge < -0.3 is 14.9 Å². The predicted octanol–water partition coefficient (Wildman–Crippen LogP) is 2.39. The highest BCUT2D eigenvalue weighted by atomic mass is 32.2. The van der Waals surface area contributed by atoms with Gasteiger partial charge in [-0.15, -0.1) is 0 Å². The number of phenolic OH excluding ortho intramolecular Hbond substituents is 1. The molecule has 0 aromatic heterocycles. The summed E-state index contributed by atoms with van der Waals surface area (Å²) in [5.74, 6) is -0.479. The monoisotopic (exact) mass is 485 g/mol. The Kier molecular flexibility index (Phi) is 6.95. The van der Waals surface area contributed by atoms with Crippen molar-refractivity contribution in [1.29, 1.82) is 0 Å². The fourth-order valence-electron chi connectivity index (χ4n) is 4.78. The maximum Gasteiger partial charge on any atom is 0.257 e. The maximum absolute atomic E-state index is 13.1. The minimum atomic E-state index is -3.59. The largest absolute Gasteiger partial charge is 0.507 e. The van der Waals surface area contributed by atoms with E-state index in [9.17, 15) is 23.1 Å².